The first kappa shape index (κ1) is 23.8. The summed E-state index contributed by atoms with van der Waals surface area (Å²) >= 11 is 0. The molecule has 3 aliphatic heterocycles. The maximum absolute atomic E-state index is 13.6. The fourth-order valence-corrected chi connectivity index (χ4v) is 5.86. The van der Waals surface area contributed by atoms with Crippen LogP contribution >= 0.6 is 0 Å². The van der Waals surface area contributed by atoms with E-state index in [2.05, 4.69) is 0 Å². The van der Waals surface area contributed by atoms with Gasteiger partial charge in [0.1, 0.15) is 29.7 Å². The first-order valence-corrected chi connectivity index (χ1v) is 12.4. The van der Waals surface area contributed by atoms with Gasteiger partial charge in [-0.15, -0.1) is 0 Å². The van der Waals surface area contributed by atoms with E-state index in [1.807, 2.05) is 37.3 Å². The summed E-state index contributed by atoms with van der Waals surface area (Å²) < 4.78 is 62.5. The van der Waals surface area contributed by atoms with Gasteiger partial charge in [0, 0.05) is 0 Å². The average Bonchev–Trinajstić information content (AvgIpc) is 3.32. The van der Waals surface area contributed by atoms with Gasteiger partial charge in [0.25, 0.3) is 10.1 Å². The van der Waals surface area contributed by atoms with Gasteiger partial charge in [0.2, 0.25) is 0 Å². The summed E-state index contributed by atoms with van der Waals surface area (Å²) in [6.07, 6.45) is 0.278. The molecule has 0 aromatic heterocycles. The molecule has 0 bridgehead atoms. The molecular formula is C23H32O8S. The van der Waals surface area contributed by atoms with Crippen molar-refractivity contribution in [3.63, 3.8) is 0 Å². The SMILES string of the molecule is C/C=C/C[C@H](c1ccccc1)S(=O)(=O)O[C@H]1[C@H]2OC(C)(C)O[C@H]2O[C@@H]1[C@H]1COC(C)(C)O1. The summed E-state index contributed by atoms with van der Waals surface area (Å²) in [5.74, 6) is -1.71. The molecule has 9 heteroatoms. The van der Waals surface area contributed by atoms with Gasteiger partial charge < -0.3 is 23.7 Å². The predicted molar refractivity (Wildman–Crippen MR) is 116 cm³/mol. The second-order valence-corrected chi connectivity index (χ2v) is 10.9. The van der Waals surface area contributed by atoms with Crippen LogP contribution in [0.25, 0.3) is 0 Å². The number of fused-ring (bicyclic) bond motifs is 1. The van der Waals surface area contributed by atoms with Crippen molar-refractivity contribution >= 4 is 10.1 Å². The molecule has 0 amide bonds. The molecule has 3 fully saturated rings. The van der Waals surface area contributed by atoms with Gasteiger partial charge in [0.15, 0.2) is 17.9 Å². The van der Waals surface area contributed by atoms with Crippen molar-refractivity contribution in [1.82, 2.24) is 0 Å². The van der Waals surface area contributed by atoms with Gasteiger partial charge in [-0.25, -0.2) is 0 Å². The molecule has 3 saturated heterocycles. The van der Waals surface area contributed by atoms with Gasteiger partial charge >= 0.3 is 0 Å². The Morgan fingerprint density at radius 1 is 1.06 bits per heavy atom. The lowest BCUT2D eigenvalue weighted by Gasteiger charge is -2.29. The van der Waals surface area contributed by atoms with Crippen LogP contribution in [-0.4, -0.2) is 57.3 Å². The van der Waals surface area contributed by atoms with Crippen LogP contribution in [0.4, 0.5) is 0 Å². The van der Waals surface area contributed by atoms with Gasteiger partial charge in [-0.3, -0.25) is 4.18 Å². The van der Waals surface area contributed by atoms with E-state index >= 15 is 0 Å². The van der Waals surface area contributed by atoms with Crippen molar-refractivity contribution in [1.29, 1.82) is 0 Å². The molecular weight excluding hydrogens is 436 g/mol. The molecule has 178 valence electrons. The van der Waals surface area contributed by atoms with E-state index in [1.165, 1.54) is 0 Å². The highest BCUT2D eigenvalue weighted by atomic mass is 32.2. The zero-order valence-corrected chi connectivity index (χ0v) is 19.9. The molecule has 6 atom stereocenters. The number of hydrogen-bond acceptors (Lipinski definition) is 8. The van der Waals surface area contributed by atoms with E-state index in [0.29, 0.717) is 5.56 Å². The van der Waals surface area contributed by atoms with Crippen molar-refractivity contribution < 1.29 is 36.3 Å². The number of allylic oxidation sites excluding steroid dienone is 2. The number of ether oxygens (including phenoxy) is 5. The fraction of sp³-hybridized carbons (Fsp3) is 0.652. The molecule has 3 heterocycles. The second kappa shape index (κ2) is 8.79. The van der Waals surface area contributed by atoms with Crippen LogP contribution in [0, 0.1) is 0 Å². The van der Waals surface area contributed by atoms with Crippen molar-refractivity contribution in [3.8, 4) is 0 Å². The highest BCUT2D eigenvalue weighted by Gasteiger charge is 2.60. The first-order valence-electron chi connectivity index (χ1n) is 10.9. The Labute approximate surface area is 189 Å². The van der Waals surface area contributed by atoms with E-state index in [-0.39, 0.29) is 13.0 Å². The maximum atomic E-state index is 13.6. The standard InChI is InChI=1S/C23H32O8S/c1-6-7-13-17(15-11-9-8-10-12-15)32(24,25)31-19-18(16-14-26-22(2,3)28-16)27-21-20(19)29-23(4,5)30-21/h6-12,16-21H,13-14H2,1-5H3/b7-6+/t16-,17-,18-,19-,20-,21-/m1/s1. The fourth-order valence-electron chi connectivity index (χ4n) is 4.36. The lowest BCUT2D eigenvalue weighted by Crippen LogP contribution is -2.45. The Kier molecular flexibility index (Phi) is 6.54. The summed E-state index contributed by atoms with van der Waals surface area (Å²) in [5.41, 5.74) is 0.656. The van der Waals surface area contributed by atoms with Crippen LogP contribution in [0.2, 0.25) is 0 Å². The first-order chi connectivity index (χ1) is 15.0. The van der Waals surface area contributed by atoms with E-state index in [0.717, 1.165) is 0 Å². The summed E-state index contributed by atoms with van der Waals surface area (Å²) in [7, 11) is -4.06. The molecule has 32 heavy (non-hydrogen) atoms. The molecule has 4 rings (SSSR count). The number of rotatable bonds is 7. The third-order valence-corrected chi connectivity index (χ3v) is 7.43. The summed E-state index contributed by atoms with van der Waals surface area (Å²) in [6.45, 7) is 9.22. The number of benzene rings is 1. The summed E-state index contributed by atoms with van der Waals surface area (Å²) in [4.78, 5) is 0. The smallest absolute Gasteiger partial charge is 0.275 e. The van der Waals surface area contributed by atoms with Crippen LogP contribution < -0.4 is 0 Å². The van der Waals surface area contributed by atoms with Crippen LogP contribution in [0.1, 0.15) is 51.9 Å². The quantitative estimate of drug-likeness (QED) is 0.444. The molecule has 0 spiro atoms. The Morgan fingerprint density at radius 2 is 1.78 bits per heavy atom. The zero-order chi connectivity index (χ0) is 23.1. The Hall–Kier alpha value is -1.33. The van der Waals surface area contributed by atoms with Gasteiger partial charge in [-0.05, 0) is 46.6 Å². The van der Waals surface area contributed by atoms with Gasteiger partial charge in [-0.1, -0.05) is 42.5 Å². The van der Waals surface area contributed by atoms with Crippen molar-refractivity contribution in [2.75, 3.05) is 6.61 Å². The van der Waals surface area contributed by atoms with Crippen LogP contribution in [0.15, 0.2) is 42.5 Å². The minimum atomic E-state index is -4.06. The van der Waals surface area contributed by atoms with E-state index < -0.39 is 57.6 Å². The lowest BCUT2D eigenvalue weighted by molar-refractivity contribution is -0.230. The number of hydrogen-bond donors (Lipinski definition) is 0. The van der Waals surface area contributed by atoms with Crippen molar-refractivity contribution in [2.24, 2.45) is 0 Å². The minimum absolute atomic E-state index is 0.251. The molecule has 1 aromatic rings. The highest BCUT2D eigenvalue weighted by molar-refractivity contribution is 7.87. The largest absolute Gasteiger partial charge is 0.348 e. The Balaban J connectivity index is 1.63. The second-order valence-electron chi connectivity index (χ2n) is 9.19. The Morgan fingerprint density at radius 3 is 2.41 bits per heavy atom. The van der Waals surface area contributed by atoms with E-state index in [1.54, 1.807) is 39.8 Å². The predicted octanol–water partition coefficient (Wildman–Crippen LogP) is 3.44. The third kappa shape index (κ3) is 4.94. The highest BCUT2D eigenvalue weighted by Crippen LogP contribution is 2.43. The molecule has 0 saturated carbocycles. The van der Waals surface area contributed by atoms with Crippen LogP contribution in [-0.2, 0) is 38.0 Å². The lowest BCUT2D eigenvalue weighted by atomic mass is 10.1. The van der Waals surface area contributed by atoms with E-state index in [4.69, 9.17) is 27.9 Å². The average molecular weight is 469 g/mol. The zero-order valence-electron chi connectivity index (χ0n) is 19.1. The van der Waals surface area contributed by atoms with Crippen LogP contribution in [0.5, 0.6) is 0 Å². The molecule has 8 nitrogen and oxygen atoms in total. The summed E-state index contributed by atoms with van der Waals surface area (Å²) in [6, 6.07) is 9.05. The third-order valence-electron chi connectivity index (χ3n) is 5.77. The topological polar surface area (TPSA) is 89.5 Å². The molecule has 1 aromatic carbocycles. The molecule has 3 aliphatic rings. The van der Waals surface area contributed by atoms with Gasteiger partial charge in [0.05, 0.1) is 6.61 Å². The molecule has 0 unspecified atom stereocenters. The van der Waals surface area contributed by atoms with Crippen LogP contribution in [0.3, 0.4) is 0 Å². The van der Waals surface area contributed by atoms with Crippen molar-refractivity contribution in [2.45, 2.75) is 88.6 Å². The molecule has 0 aliphatic carbocycles. The van der Waals surface area contributed by atoms with E-state index in [9.17, 15) is 8.42 Å². The maximum Gasteiger partial charge on any atom is 0.275 e. The molecule has 0 N–H and O–H groups in total. The van der Waals surface area contributed by atoms with Gasteiger partial charge in [-0.2, -0.15) is 8.42 Å². The summed E-state index contributed by atoms with van der Waals surface area (Å²) in [5, 5.41) is -0.868. The van der Waals surface area contributed by atoms with Crippen molar-refractivity contribution in [3.05, 3.63) is 48.0 Å². The normalized spacial score (nSPS) is 34.7. The molecule has 0 radical (unpaired) electrons. The monoisotopic (exact) mass is 468 g/mol. The Bertz CT molecular complexity index is 927. The minimum Gasteiger partial charge on any atom is -0.348 e.